The van der Waals surface area contributed by atoms with Crippen molar-refractivity contribution >= 4 is 17.4 Å². The van der Waals surface area contributed by atoms with Crippen LogP contribution in [0.2, 0.25) is 0 Å². The van der Waals surface area contributed by atoms with Crippen LogP contribution in [-0.2, 0) is 11.3 Å². The first-order valence-electron chi connectivity index (χ1n) is 7.45. The van der Waals surface area contributed by atoms with Crippen LogP contribution in [0.4, 0.5) is 4.79 Å². The highest BCUT2D eigenvalue weighted by Gasteiger charge is 2.33. The van der Waals surface area contributed by atoms with Gasteiger partial charge in [0.1, 0.15) is 5.60 Å². The minimum atomic E-state index is -0.453. The molecule has 1 heterocycles. The maximum absolute atomic E-state index is 11.9. The molecular formula is C15H25N3O2S. The standard InChI is InChI=1S/C15H25N3O2S/c1-10-17-8-12(21-10)7-16-9-13(11-5-6-11)18-14(19)20-15(2,3)4/h8,11,13,16H,5-7,9H2,1-4H3,(H,18,19). The molecule has 1 fully saturated rings. The second kappa shape index (κ2) is 6.75. The molecule has 0 aliphatic heterocycles. The monoisotopic (exact) mass is 311 g/mol. The van der Waals surface area contributed by atoms with E-state index in [9.17, 15) is 4.79 Å². The summed E-state index contributed by atoms with van der Waals surface area (Å²) in [6, 6.07) is 0.147. The van der Waals surface area contributed by atoms with E-state index >= 15 is 0 Å². The highest BCUT2D eigenvalue weighted by molar-refractivity contribution is 7.11. The molecule has 2 rings (SSSR count). The number of hydrogen-bond acceptors (Lipinski definition) is 5. The predicted molar refractivity (Wildman–Crippen MR) is 84.4 cm³/mol. The van der Waals surface area contributed by atoms with Crippen LogP contribution < -0.4 is 10.6 Å². The van der Waals surface area contributed by atoms with Gasteiger partial charge in [0.15, 0.2) is 0 Å². The van der Waals surface area contributed by atoms with Gasteiger partial charge in [-0.15, -0.1) is 11.3 Å². The van der Waals surface area contributed by atoms with Gasteiger partial charge in [0.2, 0.25) is 0 Å². The largest absolute Gasteiger partial charge is 0.444 e. The zero-order chi connectivity index (χ0) is 15.5. The molecule has 0 radical (unpaired) electrons. The minimum Gasteiger partial charge on any atom is -0.444 e. The number of ether oxygens (including phenoxy) is 1. The number of alkyl carbamates (subject to hydrolysis) is 1. The molecule has 1 atom stereocenters. The van der Waals surface area contributed by atoms with Gasteiger partial charge in [0, 0.05) is 30.2 Å². The van der Waals surface area contributed by atoms with Gasteiger partial charge in [-0.2, -0.15) is 0 Å². The van der Waals surface area contributed by atoms with Crippen molar-refractivity contribution in [3.8, 4) is 0 Å². The molecule has 118 valence electrons. The van der Waals surface area contributed by atoms with Crippen LogP contribution in [0.15, 0.2) is 6.20 Å². The number of aryl methyl sites for hydroxylation is 1. The number of hydrogen-bond donors (Lipinski definition) is 2. The van der Waals surface area contributed by atoms with E-state index in [1.807, 2.05) is 33.9 Å². The molecule has 1 aliphatic rings. The fraction of sp³-hybridized carbons (Fsp3) is 0.733. The number of thiazole rings is 1. The lowest BCUT2D eigenvalue weighted by atomic mass is 10.2. The molecule has 1 saturated carbocycles. The fourth-order valence-electron chi connectivity index (χ4n) is 2.13. The zero-order valence-corrected chi connectivity index (χ0v) is 14.0. The van der Waals surface area contributed by atoms with Crippen molar-refractivity contribution in [2.75, 3.05) is 6.54 Å². The van der Waals surface area contributed by atoms with Crippen molar-refractivity contribution in [1.29, 1.82) is 0 Å². The summed E-state index contributed by atoms with van der Waals surface area (Å²) in [6.45, 7) is 9.20. The van der Waals surface area contributed by atoms with Crippen molar-refractivity contribution in [3.05, 3.63) is 16.1 Å². The Hall–Kier alpha value is -1.14. The molecule has 5 nitrogen and oxygen atoms in total. The predicted octanol–water partition coefficient (Wildman–Crippen LogP) is 2.84. The first-order chi connectivity index (χ1) is 9.83. The Labute approximate surface area is 130 Å². The average Bonchev–Trinajstić information content (AvgIpc) is 3.10. The number of nitrogens with zero attached hydrogens (tertiary/aromatic N) is 1. The summed E-state index contributed by atoms with van der Waals surface area (Å²) in [5.74, 6) is 0.577. The van der Waals surface area contributed by atoms with E-state index < -0.39 is 5.60 Å². The molecule has 1 aromatic heterocycles. The van der Waals surface area contributed by atoms with Gasteiger partial charge in [-0.1, -0.05) is 0 Å². The topological polar surface area (TPSA) is 63.2 Å². The number of rotatable bonds is 6. The first kappa shape index (κ1) is 16.2. The summed E-state index contributed by atoms with van der Waals surface area (Å²) in [4.78, 5) is 17.3. The molecule has 1 aliphatic carbocycles. The molecule has 1 unspecified atom stereocenters. The van der Waals surface area contributed by atoms with Crippen molar-refractivity contribution in [3.63, 3.8) is 0 Å². The molecule has 0 aromatic carbocycles. The Kier molecular flexibility index (Phi) is 5.22. The first-order valence-corrected chi connectivity index (χ1v) is 8.27. The van der Waals surface area contributed by atoms with Crippen LogP contribution in [-0.4, -0.2) is 29.3 Å². The lowest BCUT2D eigenvalue weighted by Gasteiger charge is -2.23. The lowest BCUT2D eigenvalue weighted by Crippen LogP contribution is -2.45. The Morgan fingerprint density at radius 1 is 1.52 bits per heavy atom. The molecule has 1 aromatic rings. The quantitative estimate of drug-likeness (QED) is 0.848. The normalized spacial score (nSPS) is 16.6. The average molecular weight is 311 g/mol. The van der Waals surface area contributed by atoms with E-state index in [0.29, 0.717) is 5.92 Å². The zero-order valence-electron chi connectivity index (χ0n) is 13.2. The van der Waals surface area contributed by atoms with Crippen LogP contribution in [0.25, 0.3) is 0 Å². The molecule has 0 saturated heterocycles. The minimum absolute atomic E-state index is 0.147. The van der Waals surface area contributed by atoms with Crippen LogP contribution in [0.5, 0.6) is 0 Å². The molecular weight excluding hydrogens is 286 g/mol. The van der Waals surface area contributed by atoms with E-state index in [1.165, 1.54) is 17.7 Å². The Bertz CT molecular complexity index is 478. The molecule has 6 heteroatoms. The number of aromatic nitrogens is 1. The Morgan fingerprint density at radius 2 is 2.24 bits per heavy atom. The summed E-state index contributed by atoms with van der Waals surface area (Å²) in [5.41, 5.74) is -0.453. The smallest absolute Gasteiger partial charge is 0.407 e. The van der Waals surface area contributed by atoms with Crippen molar-refractivity contribution in [2.24, 2.45) is 5.92 Å². The van der Waals surface area contributed by atoms with Gasteiger partial charge in [-0.05, 0) is 46.5 Å². The van der Waals surface area contributed by atoms with E-state index in [2.05, 4.69) is 15.6 Å². The molecule has 2 N–H and O–H groups in total. The van der Waals surface area contributed by atoms with Gasteiger partial charge in [-0.25, -0.2) is 9.78 Å². The third kappa shape index (κ3) is 6.01. The maximum atomic E-state index is 11.9. The van der Waals surface area contributed by atoms with Gasteiger partial charge in [0.05, 0.1) is 5.01 Å². The van der Waals surface area contributed by atoms with Gasteiger partial charge in [-0.3, -0.25) is 0 Å². The van der Waals surface area contributed by atoms with Gasteiger partial charge < -0.3 is 15.4 Å². The third-order valence-electron chi connectivity index (χ3n) is 3.23. The second-order valence-electron chi connectivity index (χ2n) is 6.57. The Balaban J connectivity index is 1.76. The fourth-order valence-corrected chi connectivity index (χ4v) is 2.90. The summed E-state index contributed by atoms with van der Waals surface area (Å²) in [6.07, 6.45) is 3.94. The van der Waals surface area contributed by atoms with Crippen LogP contribution in [0, 0.1) is 12.8 Å². The van der Waals surface area contributed by atoms with E-state index in [1.54, 1.807) is 11.3 Å². The lowest BCUT2D eigenvalue weighted by molar-refractivity contribution is 0.0497. The SMILES string of the molecule is Cc1ncc(CNCC(NC(=O)OC(C)(C)C)C2CC2)s1. The van der Waals surface area contributed by atoms with E-state index in [4.69, 9.17) is 4.74 Å². The number of amides is 1. The number of nitrogens with one attached hydrogen (secondary N) is 2. The third-order valence-corrected chi connectivity index (χ3v) is 4.14. The summed E-state index contributed by atoms with van der Waals surface area (Å²) < 4.78 is 5.33. The van der Waals surface area contributed by atoms with Gasteiger partial charge >= 0.3 is 6.09 Å². The van der Waals surface area contributed by atoms with E-state index in [0.717, 1.165) is 18.1 Å². The number of carbonyl (C=O) groups is 1. The number of carbonyl (C=O) groups excluding carboxylic acids is 1. The summed E-state index contributed by atoms with van der Waals surface area (Å²) >= 11 is 1.70. The molecule has 0 spiro atoms. The van der Waals surface area contributed by atoms with Crippen LogP contribution in [0.3, 0.4) is 0 Å². The summed E-state index contributed by atoms with van der Waals surface area (Å²) in [5, 5.41) is 7.48. The van der Waals surface area contributed by atoms with Crippen LogP contribution in [0.1, 0.15) is 43.5 Å². The highest BCUT2D eigenvalue weighted by Crippen LogP contribution is 2.32. The Morgan fingerprint density at radius 3 is 2.76 bits per heavy atom. The van der Waals surface area contributed by atoms with E-state index in [-0.39, 0.29) is 12.1 Å². The second-order valence-corrected chi connectivity index (χ2v) is 7.89. The molecule has 21 heavy (non-hydrogen) atoms. The van der Waals surface area contributed by atoms with Crippen molar-refractivity contribution in [1.82, 2.24) is 15.6 Å². The van der Waals surface area contributed by atoms with Crippen molar-refractivity contribution < 1.29 is 9.53 Å². The van der Waals surface area contributed by atoms with Gasteiger partial charge in [0.25, 0.3) is 0 Å². The van der Waals surface area contributed by atoms with Crippen LogP contribution >= 0.6 is 11.3 Å². The summed E-state index contributed by atoms with van der Waals surface area (Å²) in [7, 11) is 0. The molecule has 0 bridgehead atoms. The van der Waals surface area contributed by atoms with Crippen molar-refractivity contribution in [2.45, 2.75) is 58.7 Å². The maximum Gasteiger partial charge on any atom is 0.407 e. The highest BCUT2D eigenvalue weighted by atomic mass is 32.1. The molecule has 1 amide bonds.